The van der Waals surface area contributed by atoms with Crippen LogP contribution in [0.4, 0.5) is 4.79 Å². The van der Waals surface area contributed by atoms with Crippen LogP contribution < -0.4 is 10.6 Å². The normalized spacial score (nSPS) is 14.4. The lowest BCUT2D eigenvalue weighted by Gasteiger charge is -2.25. The minimum Gasteiger partial charge on any atom is -0.480 e. The third-order valence-electron chi connectivity index (χ3n) is 3.20. The first-order valence-corrected chi connectivity index (χ1v) is 6.22. The van der Waals surface area contributed by atoms with Gasteiger partial charge in [-0.1, -0.05) is 6.92 Å². The Bertz CT molecular complexity index is 294. The Morgan fingerprint density at radius 2 is 1.94 bits per heavy atom. The van der Waals surface area contributed by atoms with E-state index in [9.17, 15) is 9.59 Å². The van der Waals surface area contributed by atoms with Crippen LogP contribution in [0.1, 0.15) is 34.1 Å². The van der Waals surface area contributed by atoms with E-state index in [1.807, 2.05) is 7.05 Å². The Morgan fingerprint density at radius 1 is 1.39 bits per heavy atom. The van der Waals surface area contributed by atoms with Crippen LogP contribution in [0.25, 0.3) is 0 Å². The lowest BCUT2D eigenvalue weighted by Crippen LogP contribution is -2.55. The van der Waals surface area contributed by atoms with Gasteiger partial charge >= 0.3 is 12.0 Å². The van der Waals surface area contributed by atoms with Gasteiger partial charge in [0.1, 0.15) is 5.54 Å². The van der Waals surface area contributed by atoms with E-state index in [4.69, 9.17) is 5.11 Å². The fraction of sp³-hybridized carbons (Fsp3) is 0.833. The molecule has 2 amide bonds. The highest BCUT2D eigenvalue weighted by Gasteiger charge is 2.32. The third-order valence-corrected chi connectivity index (χ3v) is 3.20. The Hall–Kier alpha value is -1.30. The summed E-state index contributed by atoms with van der Waals surface area (Å²) in [5.41, 5.74) is -1.21. The van der Waals surface area contributed by atoms with Crippen molar-refractivity contribution in [2.45, 2.75) is 45.7 Å². The molecule has 0 aromatic heterocycles. The summed E-state index contributed by atoms with van der Waals surface area (Å²) >= 11 is 0. The van der Waals surface area contributed by atoms with E-state index in [1.54, 1.807) is 6.92 Å². The predicted octanol–water partition coefficient (Wildman–Crippen LogP) is 0.879. The molecule has 6 heteroatoms. The predicted molar refractivity (Wildman–Crippen MR) is 70.6 cm³/mol. The molecule has 0 aliphatic carbocycles. The second-order valence-electron chi connectivity index (χ2n) is 4.95. The monoisotopic (exact) mass is 259 g/mol. The number of carbonyl (C=O) groups is 2. The van der Waals surface area contributed by atoms with E-state index in [0.717, 1.165) is 6.54 Å². The second-order valence-corrected chi connectivity index (χ2v) is 4.95. The molecule has 0 rings (SSSR count). The molecular weight excluding hydrogens is 234 g/mol. The lowest BCUT2D eigenvalue weighted by atomic mass is 10.00. The summed E-state index contributed by atoms with van der Waals surface area (Å²) < 4.78 is 0. The first kappa shape index (κ1) is 16.7. The minimum atomic E-state index is -1.21. The number of carbonyl (C=O) groups excluding carboxylic acids is 1. The summed E-state index contributed by atoms with van der Waals surface area (Å²) in [6.45, 7) is 8.56. The van der Waals surface area contributed by atoms with E-state index >= 15 is 0 Å². The van der Waals surface area contributed by atoms with Gasteiger partial charge in [-0.3, -0.25) is 0 Å². The summed E-state index contributed by atoms with van der Waals surface area (Å²) in [4.78, 5) is 24.7. The highest BCUT2D eigenvalue weighted by atomic mass is 16.4. The average Bonchev–Trinajstić information content (AvgIpc) is 2.28. The van der Waals surface area contributed by atoms with Crippen molar-refractivity contribution in [2.75, 3.05) is 20.1 Å². The van der Waals surface area contributed by atoms with Gasteiger partial charge in [-0.2, -0.15) is 0 Å². The summed E-state index contributed by atoms with van der Waals surface area (Å²) in [5, 5.41) is 14.2. The second kappa shape index (κ2) is 7.20. The maximum atomic E-state index is 11.6. The van der Waals surface area contributed by atoms with Crippen molar-refractivity contribution in [1.29, 1.82) is 0 Å². The number of aliphatic carboxylic acids is 1. The topological polar surface area (TPSA) is 81.7 Å². The van der Waals surface area contributed by atoms with Gasteiger partial charge in [-0.05, 0) is 34.2 Å². The molecule has 1 unspecified atom stereocenters. The molecule has 0 heterocycles. The van der Waals surface area contributed by atoms with Crippen LogP contribution >= 0.6 is 0 Å². The van der Waals surface area contributed by atoms with E-state index < -0.39 is 17.5 Å². The number of hydrogen-bond donors (Lipinski definition) is 3. The highest BCUT2D eigenvalue weighted by Crippen LogP contribution is 2.08. The van der Waals surface area contributed by atoms with Crippen LogP contribution in [-0.2, 0) is 4.79 Å². The zero-order chi connectivity index (χ0) is 14.3. The van der Waals surface area contributed by atoms with E-state index in [-0.39, 0.29) is 0 Å². The number of rotatable bonds is 7. The maximum Gasteiger partial charge on any atom is 0.329 e. The van der Waals surface area contributed by atoms with Crippen molar-refractivity contribution in [1.82, 2.24) is 15.5 Å². The number of nitrogens with zero attached hydrogens (tertiary/aromatic N) is 1. The molecule has 0 saturated carbocycles. The number of carboxylic acids is 1. The quantitative estimate of drug-likeness (QED) is 0.634. The minimum absolute atomic E-state index is 0.335. The van der Waals surface area contributed by atoms with Gasteiger partial charge in [0.2, 0.25) is 0 Å². The highest BCUT2D eigenvalue weighted by molar-refractivity contribution is 5.85. The van der Waals surface area contributed by atoms with Gasteiger partial charge in [-0.15, -0.1) is 0 Å². The molecule has 0 aliphatic rings. The van der Waals surface area contributed by atoms with Gasteiger partial charge < -0.3 is 20.6 Å². The zero-order valence-corrected chi connectivity index (χ0v) is 11.9. The SMILES string of the molecule is CCC(C)(NC(=O)NCCN(C)C(C)C)C(=O)O. The molecule has 0 aromatic rings. The van der Waals surface area contributed by atoms with Crippen molar-refractivity contribution in [3.05, 3.63) is 0 Å². The number of hydrogen-bond acceptors (Lipinski definition) is 3. The van der Waals surface area contributed by atoms with Gasteiger partial charge in [0.25, 0.3) is 0 Å². The van der Waals surface area contributed by atoms with Crippen LogP contribution in [0, 0.1) is 0 Å². The van der Waals surface area contributed by atoms with E-state index in [2.05, 4.69) is 29.4 Å². The average molecular weight is 259 g/mol. The Morgan fingerprint density at radius 3 is 2.33 bits per heavy atom. The molecule has 0 aliphatic heterocycles. The standard InChI is InChI=1S/C12H25N3O3/c1-6-12(4,10(16)17)14-11(18)13-7-8-15(5)9(2)3/h9H,6-8H2,1-5H3,(H,16,17)(H2,13,14,18). The summed E-state index contributed by atoms with van der Waals surface area (Å²) in [6.07, 6.45) is 0.335. The Labute approximate surface area is 109 Å². The third kappa shape index (κ3) is 5.35. The van der Waals surface area contributed by atoms with Crippen LogP contribution in [0.2, 0.25) is 0 Å². The number of nitrogens with one attached hydrogen (secondary N) is 2. The number of amides is 2. The number of carboxylic acid groups (broad SMARTS) is 1. The fourth-order valence-electron chi connectivity index (χ4n) is 1.19. The molecule has 0 fully saturated rings. The van der Waals surface area contributed by atoms with Crippen LogP contribution in [0.15, 0.2) is 0 Å². The van der Waals surface area contributed by atoms with Crippen molar-refractivity contribution < 1.29 is 14.7 Å². The zero-order valence-electron chi connectivity index (χ0n) is 11.9. The Balaban J connectivity index is 4.09. The molecule has 3 N–H and O–H groups in total. The van der Waals surface area contributed by atoms with Crippen LogP contribution in [0.5, 0.6) is 0 Å². The summed E-state index contributed by atoms with van der Waals surface area (Å²) in [5.74, 6) is -1.03. The first-order valence-electron chi connectivity index (χ1n) is 6.22. The van der Waals surface area contributed by atoms with Crippen molar-refractivity contribution >= 4 is 12.0 Å². The smallest absolute Gasteiger partial charge is 0.329 e. The van der Waals surface area contributed by atoms with Crippen LogP contribution in [0.3, 0.4) is 0 Å². The molecular formula is C12H25N3O3. The van der Waals surface area contributed by atoms with E-state index in [1.165, 1.54) is 6.92 Å². The largest absolute Gasteiger partial charge is 0.480 e. The molecule has 18 heavy (non-hydrogen) atoms. The first-order chi connectivity index (χ1) is 8.23. The number of urea groups is 1. The summed E-state index contributed by atoms with van der Waals surface area (Å²) in [6, 6.07) is -0.0336. The Kier molecular flexibility index (Phi) is 6.68. The van der Waals surface area contributed by atoms with Crippen molar-refractivity contribution in [3.8, 4) is 0 Å². The molecule has 0 saturated heterocycles. The molecule has 0 aromatic carbocycles. The van der Waals surface area contributed by atoms with Crippen molar-refractivity contribution in [3.63, 3.8) is 0 Å². The molecule has 1 atom stereocenters. The maximum absolute atomic E-state index is 11.6. The van der Waals surface area contributed by atoms with Gasteiger partial charge in [-0.25, -0.2) is 9.59 Å². The summed E-state index contributed by atoms with van der Waals surface area (Å²) in [7, 11) is 1.97. The lowest BCUT2D eigenvalue weighted by molar-refractivity contribution is -0.143. The van der Waals surface area contributed by atoms with Crippen LogP contribution in [-0.4, -0.2) is 53.7 Å². The molecule has 106 valence electrons. The van der Waals surface area contributed by atoms with E-state index in [0.29, 0.717) is 19.0 Å². The molecule has 6 nitrogen and oxygen atoms in total. The molecule has 0 spiro atoms. The molecule has 0 bridgehead atoms. The molecule has 0 radical (unpaired) electrons. The fourth-order valence-corrected chi connectivity index (χ4v) is 1.19. The van der Waals surface area contributed by atoms with Gasteiger partial charge in [0, 0.05) is 19.1 Å². The van der Waals surface area contributed by atoms with Crippen molar-refractivity contribution in [2.24, 2.45) is 0 Å². The number of likely N-dealkylation sites (N-methyl/N-ethyl adjacent to an activating group) is 1. The van der Waals surface area contributed by atoms with Gasteiger partial charge in [0.15, 0.2) is 0 Å². The van der Waals surface area contributed by atoms with Gasteiger partial charge in [0.05, 0.1) is 0 Å².